The van der Waals surface area contributed by atoms with Gasteiger partial charge in [0.1, 0.15) is 0 Å². The van der Waals surface area contributed by atoms with Crippen LogP contribution in [0.2, 0.25) is 0 Å². The van der Waals surface area contributed by atoms with E-state index in [9.17, 15) is 0 Å². The van der Waals surface area contributed by atoms with Crippen molar-refractivity contribution in [1.29, 1.82) is 0 Å². The zero-order chi connectivity index (χ0) is 9.26. The molecule has 0 saturated carbocycles. The molecule has 2 heterocycles. The number of anilines is 2. The fourth-order valence-corrected chi connectivity index (χ4v) is 0.987. The molecule has 2 rings (SSSR count). The van der Waals surface area contributed by atoms with E-state index in [1.165, 1.54) is 6.20 Å². The van der Waals surface area contributed by atoms with Gasteiger partial charge in [-0.25, -0.2) is 4.98 Å². The van der Waals surface area contributed by atoms with Crippen molar-refractivity contribution in [2.75, 3.05) is 11.5 Å². The molecule has 0 radical (unpaired) electrons. The average Bonchev–Trinajstić information content (AvgIpc) is 2.62. The first-order valence-corrected chi connectivity index (χ1v) is 3.79. The summed E-state index contributed by atoms with van der Waals surface area (Å²) in [6, 6.07) is 3.77. The van der Waals surface area contributed by atoms with E-state index in [-0.39, 0.29) is 0 Å². The van der Waals surface area contributed by atoms with Gasteiger partial charge in [0.15, 0.2) is 5.82 Å². The van der Waals surface area contributed by atoms with Crippen LogP contribution in [0.25, 0.3) is 5.95 Å². The number of hydrogen-bond acceptors (Lipinski definition) is 4. The van der Waals surface area contributed by atoms with Crippen molar-refractivity contribution in [3.05, 3.63) is 30.7 Å². The Morgan fingerprint density at radius 2 is 1.85 bits per heavy atom. The Bertz CT molecular complexity index is 406. The smallest absolute Gasteiger partial charge is 0.235 e. The molecule has 0 fully saturated rings. The molecule has 0 amide bonds. The Hall–Kier alpha value is -2.04. The summed E-state index contributed by atoms with van der Waals surface area (Å²) in [5.74, 6) is 0.829. The minimum atomic E-state index is 0.304. The number of rotatable bonds is 1. The summed E-state index contributed by atoms with van der Waals surface area (Å²) >= 11 is 0. The summed E-state index contributed by atoms with van der Waals surface area (Å²) in [6.07, 6.45) is 5.17. The standard InChI is InChI=1S/C8H9N5/c9-6-5-11-8(12-7(6)10)13-3-1-2-4-13/h1-5H,9H2,(H2,10,11,12). The maximum Gasteiger partial charge on any atom is 0.235 e. The summed E-state index contributed by atoms with van der Waals surface area (Å²) in [4.78, 5) is 8.05. The van der Waals surface area contributed by atoms with Gasteiger partial charge in [-0.2, -0.15) is 4.98 Å². The number of nitrogen functional groups attached to an aromatic ring is 2. The Balaban J connectivity index is 2.49. The highest BCUT2D eigenvalue weighted by molar-refractivity contribution is 5.56. The minimum absolute atomic E-state index is 0.304. The molecular weight excluding hydrogens is 166 g/mol. The van der Waals surface area contributed by atoms with Crippen LogP contribution in [0.1, 0.15) is 0 Å². The first kappa shape index (κ1) is 7.60. The molecule has 2 aromatic heterocycles. The van der Waals surface area contributed by atoms with Gasteiger partial charge in [0.2, 0.25) is 5.95 Å². The third kappa shape index (κ3) is 1.31. The van der Waals surface area contributed by atoms with Crippen molar-refractivity contribution >= 4 is 11.5 Å². The highest BCUT2D eigenvalue weighted by Crippen LogP contribution is 2.10. The molecule has 13 heavy (non-hydrogen) atoms. The molecule has 0 aliphatic heterocycles. The van der Waals surface area contributed by atoms with Crippen molar-refractivity contribution in [2.24, 2.45) is 0 Å². The van der Waals surface area contributed by atoms with E-state index in [1.807, 2.05) is 24.5 Å². The second-order valence-corrected chi connectivity index (χ2v) is 2.60. The highest BCUT2D eigenvalue weighted by atomic mass is 15.2. The number of nitrogens with zero attached hydrogens (tertiary/aromatic N) is 3. The molecule has 0 unspecified atom stereocenters. The summed E-state index contributed by atoms with van der Waals surface area (Å²) in [5, 5.41) is 0. The van der Waals surface area contributed by atoms with Crippen LogP contribution in [0.5, 0.6) is 0 Å². The fraction of sp³-hybridized carbons (Fsp3) is 0. The maximum absolute atomic E-state index is 5.54. The molecular formula is C8H9N5. The molecule has 0 aliphatic rings. The van der Waals surface area contributed by atoms with Crippen molar-refractivity contribution in [1.82, 2.24) is 14.5 Å². The molecule has 0 saturated heterocycles. The molecule has 2 aromatic rings. The molecule has 0 atom stereocenters. The van der Waals surface area contributed by atoms with E-state index in [4.69, 9.17) is 11.5 Å². The van der Waals surface area contributed by atoms with Crippen molar-refractivity contribution in [3.63, 3.8) is 0 Å². The lowest BCUT2D eigenvalue weighted by Gasteiger charge is -2.02. The van der Waals surface area contributed by atoms with Crippen molar-refractivity contribution in [2.45, 2.75) is 0 Å². The zero-order valence-corrected chi connectivity index (χ0v) is 6.88. The molecule has 0 aliphatic carbocycles. The minimum Gasteiger partial charge on any atom is -0.394 e. The summed E-state index contributed by atoms with van der Waals surface area (Å²) in [5.41, 5.74) is 11.4. The molecule has 0 bridgehead atoms. The van der Waals surface area contributed by atoms with Crippen LogP contribution in [0.4, 0.5) is 11.5 Å². The topological polar surface area (TPSA) is 82.8 Å². The van der Waals surface area contributed by atoms with Crippen LogP contribution < -0.4 is 11.5 Å². The van der Waals surface area contributed by atoms with E-state index in [1.54, 1.807) is 4.57 Å². The van der Waals surface area contributed by atoms with Gasteiger partial charge in [0.25, 0.3) is 0 Å². The Morgan fingerprint density at radius 1 is 1.15 bits per heavy atom. The van der Waals surface area contributed by atoms with Gasteiger partial charge in [-0.05, 0) is 12.1 Å². The van der Waals surface area contributed by atoms with E-state index in [0.717, 1.165) is 0 Å². The Morgan fingerprint density at radius 3 is 2.46 bits per heavy atom. The van der Waals surface area contributed by atoms with E-state index in [2.05, 4.69) is 9.97 Å². The third-order valence-electron chi connectivity index (χ3n) is 1.67. The monoisotopic (exact) mass is 175 g/mol. The van der Waals surface area contributed by atoms with Gasteiger partial charge in [0.05, 0.1) is 11.9 Å². The Labute approximate surface area is 75.0 Å². The quantitative estimate of drug-likeness (QED) is 0.658. The lowest BCUT2D eigenvalue weighted by Crippen LogP contribution is -2.04. The van der Waals surface area contributed by atoms with Gasteiger partial charge < -0.3 is 11.5 Å². The SMILES string of the molecule is Nc1cnc(-n2cccc2)nc1N. The summed E-state index contributed by atoms with van der Waals surface area (Å²) in [7, 11) is 0. The fourth-order valence-electron chi connectivity index (χ4n) is 0.987. The highest BCUT2D eigenvalue weighted by Gasteiger charge is 2.00. The van der Waals surface area contributed by atoms with Gasteiger partial charge in [-0.1, -0.05) is 0 Å². The van der Waals surface area contributed by atoms with E-state index in [0.29, 0.717) is 17.5 Å². The van der Waals surface area contributed by atoms with Crippen LogP contribution in [-0.4, -0.2) is 14.5 Å². The molecule has 5 heteroatoms. The predicted octanol–water partition coefficient (Wildman–Crippen LogP) is 0.432. The van der Waals surface area contributed by atoms with Crippen LogP contribution in [-0.2, 0) is 0 Å². The van der Waals surface area contributed by atoms with Crippen LogP contribution in [0.3, 0.4) is 0 Å². The molecule has 5 nitrogen and oxygen atoms in total. The first-order valence-electron chi connectivity index (χ1n) is 3.79. The normalized spacial score (nSPS) is 10.2. The molecule has 4 N–H and O–H groups in total. The zero-order valence-electron chi connectivity index (χ0n) is 6.88. The average molecular weight is 175 g/mol. The maximum atomic E-state index is 5.54. The molecule has 0 spiro atoms. The Kier molecular flexibility index (Phi) is 1.63. The van der Waals surface area contributed by atoms with Crippen LogP contribution >= 0.6 is 0 Å². The molecule has 0 aromatic carbocycles. The van der Waals surface area contributed by atoms with Crippen molar-refractivity contribution < 1.29 is 0 Å². The van der Waals surface area contributed by atoms with Gasteiger partial charge in [0, 0.05) is 12.4 Å². The van der Waals surface area contributed by atoms with Crippen LogP contribution in [0, 0.1) is 0 Å². The van der Waals surface area contributed by atoms with Gasteiger partial charge >= 0.3 is 0 Å². The number of nitrogens with two attached hydrogens (primary N) is 2. The van der Waals surface area contributed by atoms with Gasteiger partial charge in [-0.3, -0.25) is 4.57 Å². The third-order valence-corrected chi connectivity index (χ3v) is 1.67. The second-order valence-electron chi connectivity index (χ2n) is 2.60. The lowest BCUT2D eigenvalue weighted by molar-refractivity contribution is 0.942. The molecule has 66 valence electrons. The van der Waals surface area contributed by atoms with Gasteiger partial charge in [-0.15, -0.1) is 0 Å². The largest absolute Gasteiger partial charge is 0.394 e. The number of hydrogen-bond donors (Lipinski definition) is 2. The first-order chi connectivity index (χ1) is 6.27. The summed E-state index contributed by atoms with van der Waals surface area (Å²) < 4.78 is 1.76. The number of aromatic nitrogens is 3. The predicted molar refractivity (Wildman–Crippen MR) is 50.2 cm³/mol. The van der Waals surface area contributed by atoms with E-state index < -0.39 is 0 Å². The summed E-state index contributed by atoms with van der Waals surface area (Å²) in [6.45, 7) is 0. The second kappa shape index (κ2) is 2.78. The lowest BCUT2D eigenvalue weighted by atomic mass is 10.5. The van der Waals surface area contributed by atoms with Crippen LogP contribution in [0.15, 0.2) is 30.7 Å². The van der Waals surface area contributed by atoms with E-state index >= 15 is 0 Å². The van der Waals surface area contributed by atoms with Crippen molar-refractivity contribution in [3.8, 4) is 5.95 Å².